The fourth-order valence-corrected chi connectivity index (χ4v) is 4.95. The highest BCUT2D eigenvalue weighted by Gasteiger charge is 2.36. The molecule has 0 saturated heterocycles. The quantitative estimate of drug-likeness (QED) is 0.355. The number of alkyl halides is 2. The average molecular weight is 556 g/mol. The van der Waals surface area contributed by atoms with E-state index in [0.717, 1.165) is 6.07 Å². The zero-order chi connectivity index (χ0) is 28.9. The number of halogens is 3. The van der Waals surface area contributed by atoms with E-state index in [0.29, 0.717) is 55.1 Å². The van der Waals surface area contributed by atoms with Gasteiger partial charge in [-0.1, -0.05) is 24.3 Å². The highest BCUT2D eigenvalue weighted by atomic mass is 19.3. The number of rotatable bonds is 4. The predicted molar refractivity (Wildman–Crippen MR) is 146 cm³/mol. The molecule has 1 atom stereocenters. The number of hydrogen-bond donors (Lipinski definition) is 1. The maximum atomic E-state index is 15.5. The lowest BCUT2D eigenvalue weighted by molar-refractivity contribution is -0.0795. The number of pyridine rings is 1. The average Bonchev–Trinajstić information content (AvgIpc) is 2.91. The summed E-state index contributed by atoms with van der Waals surface area (Å²) >= 11 is 0. The van der Waals surface area contributed by atoms with Gasteiger partial charge in [-0.25, -0.2) is 9.18 Å². The van der Waals surface area contributed by atoms with Gasteiger partial charge in [0.05, 0.1) is 29.7 Å². The van der Waals surface area contributed by atoms with Crippen molar-refractivity contribution in [1.29, 1.82) is 5.26 Å². The minimum Gasteiger partial charge on any atom is -0.371 e. The van der Waals surface area contributed by atoms with Crippen LogP contribution in [0, 0.1) is 17.1 Å². The zero-order valence-corrected chi connectivity index (χ0v) is 22.6. The Morgan fingerprint density at radius 1 is 1.25 bits per heavy atom. The van der Waals surface area contributed by atoms with Crippen molar-refractivity contribution < 1.29 is 17.9 Å². The van der Waals surface area contributed by atoms with Gasteiger partial charge in [0.15, 0.2) is 0 Å². The lowest BCUT2D eigenvalue weighted by Crippen LogP contribution is -2.31. The molecule has 1 aliphatic heterocycles. The van der Waals surface area contributed by atoms with Gasteiger partial charge in [-0.15, -0.1) is 0 Å². The molecule has 8 nitrogen and oxygen atoms in total. The largest absolute Gasteiger partial charge is 0.371 e. The molecule has 0 spiro atoms. The Hall–Kier alpha value is -3.91. The monoisotopic (exact) mass is 555 g/mol. The van der Waals surface area contributed by atoms with Crippen LogP contribution >= 0.6 is 0 Å². The van der Waals surface area contributed by atoms with Crippen LogP contribution in [0.2, 0.25) is 0 Å². The number of unbranched alkanes of at least 4 members (excludes halogenated alkanes) is 2. The van der Waals surface area contributed by atoms with Gasteiger partial charge < -0.3 is 10.1 Å². The van der Waals surface area contributed by atoms with E-state index in [4.69, 9.17) is 10.00 Å². The number of ether oxygens (including phenoxy) is 1. The summed E-state index contributed by atoms with van der Waals surface area (Å²) in [7, 11) is 1.58. The third kappa shape index (κ3) is 6.12. The molecule has 2 aromatic heterocycles. The molecule has 40 heavy (non-hydrogen) atoms. The number of nitrogens with zero attached hydrogens (tertiary/aromatic N) is 4. The number of benzene rings is 1. The first-order chi connectivity index (χ1) is 19.2. The molecular weight excluding hydrogens is 523 g/mol. The summed E-state index contributed by atoms with van der Waals surface area (Å²) in [6, 6.07) is 6.71. The third-order valence-corrected chi connectivity index (χ3v) is 7.05. The van der Waals surface area contributed by atoms with Crippen molar-refractivity contribution in [3.8, 4) is 6.07 Å². The molecule has 0 unspecified atom stereocenters. The topological polar surface area (TPSA) is 102 Å². The molecular formula is C29H32F3N5O3. The number of nitriles is 1. The molecule has 0 saturated carbocycles. The highest BCUT2D eigenvalue weighted by Crippen LogP contribution is 2.34. The van der Waals surface area contributed by atoms with Crippen molar-refractivity contribution >= 4 is 16.9 Å². The van der Waals surface area contributed by atoms with E-state index in [2.05, 4.69) is 16.4 Å². The Labute approximate surface area is 229 Å². The molecule has 3 heterocycles. The number of hydrogen-bond acceptors (Lipinski definition) is 6. The molecule has 1 N–H and O–H groups in total. The normalized spacial score (nSPS) is 18.4. The summed E-state index contributed by atoms with van der Waals surface area (Å²) in [4.78, 5) is 30.7. The molecule has 0 fully saturated rings. The lowest BCUT2D eigenvalue weighted by Gasteiger charge is -2.23. The fraction of sp³-hybridized carbons (Fsp3) is 0.448. The summed E-state index contributed by atoms with van der Waals surface area (Å²) in [6.45, 7) is 0.823. The Balaban J connectivity index is 1.88. The standard InChI is InChI=1S/C29H32F3N5O3/c1-19-21-12-10-13-23(24(21)30)29(31,32)18-40-16-9-4-3-8-15-37-26-22(25(34-19)35-28(37)39)17-20(27(38)36(26)2)11-6-5-7-14-33/h4,9-10,12-13,17,19H,3,5-8,11,15-16,18H2,1-2H3,(H,34,35,39)/b9-4-/t19-/m1/s1. The van der Waals surface area contributed by atoms with Crippen molar-refractivity contribution in [2.75, 3.05) is 18.5 Å². The maximum absolute atomic E-state index is 15.5. The number of anilines is 1. The van der Waals surface area contributed by atoms with Crippen LogP contribution in [0.1, 0.15) is 61.8 Å². The van der Waals surface area contributed by atoms with E-state index in [1.807, 2.05) is 0 Å². The second-order valence-corrected chi connectivity index (χ2v) is 9.94. The zero-order valence-electron chi connectivity index (χ0n) is 22.6. The van der Waals surface area contributed by atoms with Crippen molar-refractivity contribution in [1.82, 2.24) is 14.1 Å². The molecule has 0 aliphatic carbocycles. The van der Waals surface area contributed by atoms with E-state index < -0.39 is 35.6 Å². The minimum atomic E-state index is -3.55. The maximum Gasteiger partial charge on any atom is 0.351 e. The number of aromatic nitrogens is 3. The van der Waals surface area contributed by atoms with Gasteiger partial charge >= 0.3 is 5.69 Å². The Bertz CT molecular complexity index is 1570. The molecule has 4 rings (SSSR count). The first-order valence-corrected chi connectivity index (χ1v) is 13.3. The van der Waals surface area contributed by atoms with Gasteiger partial charge in [0.2, 0.25) is 0 Å². The van der Waals surface area contributed by atoms with Crippen molar-refractivity contribution in [2.24, 2.45) is 7.05 Å². The molecule has 4 bridgehead atoms. The molecule has 1 aromatic carbocycles. The van der Waals surface area contributed by atoms with Crippen LogP contribution in [0.5, 0.6) is 0 Å². The summed E-state index contributed by atoms with van der Waals surface area (Å²) < 4.78 is 53.2. The highest BCUT2D eigenvalue weighted by molar-refractivity contribution is 5.87. The second kappa shape index (κ2) is 12.5. The smallest absolute Gasteiger partial charge is 0.351 e. The second-order valence-electron chi connectivity index (χ2n) is 9.94. The Morgan fingerprint density at radius 3 is 2.83 bits per heavy atom. The van der Waals surface area contributed by atoms with Crippen LogP contribution in [0.3, 0.4) is 0 Å². The van der Waals surface area contributed by atoms with E-state index in [1.165, 1.54) is 21.3 Å². The van der Waals surface area contributed by atoms with Crippen LogP contribution in [0.4, 0.5) is 19.0 Å². The summed E-state index contributed by atoms with van der Waals surface area (Å²) in [6.07, 6.45) is 6.51. The minimum absolute atomic E-state index is 0.0288. The van der Waals surface area contributed by atoms with Crippen LogP contribution in [0.25, 0.3) is 11.0 Å². The third-order valence-electron chi connectivity index (χ3n) is 7.05. The summed E-state index contributed by atoms with van der Waals surface area (Å²) in [5, 5.41) is 12.4. The van der Waals surface area contributed by atoms with Crippen LogP contribution in [-0.2, 0) is 30.7 Å². The van der Waals surface area contributed by atoms with Gasteiger partial charge in [0.25, 0.3) is 11.5 Å². The SMILES string of the molecule is C[C@H]1Nc2nc(=O)n(c3c2cc(CCCCC#N)c(=O)n3C)CCC/C=C\COCC(F)(F)c2cccc1c2F. The first kappa shape index (κ1) is 29.1. The van der Waals surface area contributed by atoms with E-state index in [-0.39, 0.29) is 30.1 Å². The molecule has 212 valence electrons. The molecule has 0 amide bonds. The van der Waals surface area contributed by atoms with Crippen molar-refractivity contribution in [3.63, 3.8) is 0 Å². The number of nitrogens with one attached hydrogen (secondary N) is 1. The van der Waals surface area contributed by atoms with Crippen LogP contribution in [0.15, 0.2) is 46.0 Å². The van der Waals surface area contributed by atoms with Crippen molar-refractivity contribution in [3.05, 3.63) is 79.8 Å². The first-order valence-electron chi connectivity index (χ1n) is 13.3. The summed E-state index contributed by atoms with van der Waals surface area (Å²) in [5.41, 5.74) is -0.808. The van der Waals surface area contributed by atoms with Gasteiger partial charge in [-0.05, 0) is 51.2 Å². The number of aryl methyl sites for hydroxylation is 3. The number of fused-ring (bicyclic) bond motifs is 8. The van der Waals surface area contributed by atoms with Crippen LogP contribution < -0.4 is 16.6 Å². The predicted octanol–water partition coefficient (Wildman–Crippen LogP) is 5.10. The van der Waals surface area contributed by atoms with Gasteiger partial charge in [0, 0.05) is 31.1 Å². The van der Waals surface area contributed by atoms with E-state index in [1.54, 1.807) is 32.2 Å². The van der Waals surface area contributed by atoms with Gasteiger partial charge in [-0.2, -0.15) is 19.0 Å². The molecule has 3 aromatic rings. The fourth-order valence-electron chi connectivity index (χ4n) is 4.95. The molecule has 11 heteroatoms. The van der Waals surface area contributed by atoms with Crippen LogP contribution in [-0.4, -0.2) is 27.3 Å². The Kier molecular flexibility index (Phi) is 9.10. The summed E-state index contributed by atoms with van der Waals surface area (Å²) in [5.74, 6) is -4.50. The molecule has 1 aliphatic rings. The lowest BCUT2D eigenvalue weighted by atomic mass is 10.00. The Morgan fingerprint density at radius 2 is 2.05 bits per heavy atom. The van der Waals surface area contributed by atoms with E-state index in [9.17, 15) is 18.4 Å². The van der Waals surface area contributed by atoms with Gasteiger partial charge in [-0.3, -0.25) is 13.9 Å². The molecule has 0 radical (unpaired) electrons. The van der Waals surface area contributed by atoms with Gasteiger partial charge in [0.1, 0.15) is 23.9 Å². The number of allylic oxidation sites excluding steroid dienone is 1. The van der Waals surface area contributed by atoms with Crippen molar-refractivity contribution in [2.45, 2.75) is 64.0 Å². The van der Waals surface area contributed by atoms with E-state index >= 15 is 4.39 Å².